The first-order chi connectivity index (χ1) is 16.6. The summed E-state index contributed by atoms with van der Waals surface area (Å²) in [5.74, 6) is -1.81. The van der Waals surface area contributed by atoms with Crippen LogP contribution in [0.3, 0.4) is 0 Å². The van der Waals surface area contributed by atoms with Crippen LogP contribution >= 0.6 is 0 Å². The molecule has 0 fully saturated rings. The van der Waals surface area contributed by atoms with E-state index in [-0.39, 0.29) is 28.8 Å². The molecule has 180 valence electrons. The lowest BCUT2D eigenvalue weighted by Gasteiger charge is -2.15. The third kappa shape index (κ3) is 6.11. The van der Waals surface area contributed by atoms with Crippen molar-refractivity contribution in [3.8, 4) is 11.1 Å². The molecule has 0 saturated carbocycles. The van der Waals surface area contributed by atoms with Crippen LogP contribution in [-0.4, -0.2) is 35.3 Å². The average Bonchev–Trinajstić information content (AvgIpc) is 2.82. The molecule has 2 amide bonds. The standard InChI is InChI=1S/C27H28N4O4/c1-15(2)14-30-25(32)18-7-11-21(23(13-18)27(34)35)20-10-4-16(3)12-22(20)26(33)31-19-8-5-17(6-9-19)24(28)29/h4-13,15H,14H2,1-3H3,(H3,28,29)(H,30,32)(H,31,33)(H,34,35). The van der Waals surface area contributed by atoms with Gasteiger partial charge in [0.2, 0.25) is 0 Å². The second kappa shape index (κ2) is 10.6. The first-order valence-corrected chi connectivity index (χ1v) is 11.1. The minimum Gasteiger partial charge on any atom is -0.478 e. The molecule has 8 nitrogen and oxygen atoms in total. The van der Waals surface area contributed by atoms with Crippen molar-refractivity contribution < 1.29 is 19.5 Å². The number of nitrogen functional groups attached to an aromatic ring is 1. The van der Waals surface area contributed by atoms with Gasteiger partial charge in [-0.2, -0.15) is 0 Å². The second-order valence-corrected chi connectivity index (χ2v) is 8.66. The summed E-state index contributed by atoms with van der Waals surface area (Å²) < 4.78 is 0. The van der Waals surface area contributed by atoms with Crippen LogP contribution < -0.4 is 16.4 Å². The van der Waals surface area contributed by atoms with Crippen LogP contribution in [0.4, 0.5) is 5.69 Å². The van der Waals surface area contributed by atoms with Gasteiger partial charge in [0.25, 0.3) is 11.8 Å². The molecule has 0 bridgehead atoms. The zero-order valence-corrected chi connectivity index (χ0v) is 19.8. The number of anilines is 1. The number of carboxylic acids is 1. The highest BCUT2D eigenvalue weighted by Crippen LogP contribution is 2.30. The quantitative estimate of drug-likeness (QED) is 0.245. The number of aryl methyl sites for hydroxylation is 1. The summed E-state index contributed by atoms with van der Waals surface area (Å²) in [7, 11) is 0. The summed E-state index contributed by atoms with van der Waals surface area (Å²) in [5.41, 5.74) is 8.54. The van der Waals surface area contributed by atoms with Crippen molar-refractivity contribution in [2.24, 2.45) is 11.7 Å². The van der Waals surface area contributed by atoms with Crippen molar-refractivity contribution in [1.82, 2.24) is 5.32 Å². The first kappa shape index (κ1) is 25.2. The van der Waals surface area contributed by atoms with E-state index in [0.29, 0.717) is 34.5 Å². The molecule has 0 saturated heterocycles. The van der Waals surface area contributed by atoms with Gasteiger partial charge >= 0.3 is 5.97 Å². The van der Waals surface area contributed by atoms with Crippen LogP contribution in [0.5, 0.6) is 0 Å². The monoisotopic (exact) mass is 472 g/mol. The maximum Gasteiger partial charge on any atom is 0.336 e. The molecule has 3 rings (SSSR count). The van der Waals surface area contributed by atoms with E-state index in [1.54, 1.807) is 54.6 Å². The number of carbonyl (C=O) groups is 3. The summed E-state index contributed by atoms with van der Waals surface area (Å²) in [6.45, 7) is 6.24. The van der Waals surface area contributed by atoms with Gasteiger partial charge in [0.15, 0.2) is 0 Å². The summed E-state index contributed by atoms with van der Waals surface area (Å²) in [6, 6.07) is 16.1. The molecule has 0 aliphatic rings. The minimum absolute atomic E-state index is 0.0774. The maximum atomic E-state index is 13.2. The summed E-state index contributed by atoms with van der Waals surface area (Å²) >= 11 is 0. The van der Waals surface area contributed by atoms with Gasteiger partial charge in [0.05, 0.1) is 5.56 Å². The zero-order valence-electron chi connectivity index (χ0n) is 19.8. The van der Waals surface area contributed by atoms with E-state index in [0.717, 1.165) is 5.56 Å². The highest BCUT2D eigenvalue weighted by Gasteiger charge is 2.20. The molecule has 8 heteroatoms. The predicted molar refractivity (Wildman–Crippen MR) is 136 cm³/mol. The van der Waals surface area contributed by atoms with Gasteiger partial charge < -0.3 is 21.5 Å². The van der Waals surface area contributed by atoms with E-state index in [4.69, 9.17) is 11.1 Å². The fourth-order valence-corrected chi connectivity index (χ4v) is 3.51. The van der Waals surface area contributed by atoms with Crippen LogP contribution in [0.15, 0.2) is 60.7 Å². The Labute approximate surface area is 203 Å². The SMILES string of the molecule is Cc1ccc(-c2ccc(C(=O)NCC(C)C)cc2C(=O)O)c(C(=O)Nc2ccc(C(=N)N)cc2)c1. The van der Waals surface area contributed by atoms with Crippen LogP contribution in [0.2, 0.25) is 0 Å². The van der Waals surface area contributed by atoms with Crippen molar-refractivity contribution in [2.75, 3.05) is 11.9 Å². The van der Waals surface area contributed by atoms with Crippen LogP contribution in [-0.2, 0) is 0 Å². The van der Waals surface area contributed by atoms with E-state index < -0.39 is 11.9 Å². The molecule has 35 heavy (non-hydrogen) atoms. The van der Waals surface area contributed by atoms with Crippen LogP contribution in [0.25, 0.3) is 11.1 Å². The molecule has 0 aliphatic carbocycles. The number of hydrogen-bond acceptors (Lipinski definition) is 4. The molecule has 0 spiro atoms. The van der Waals surface area contributed by atoms with E-state index >= 15 is 0 Å². The van der Waals surface area contributed by atoms with Gasteiger partial charge in [-0.3, -0.25) is 15.0 Å². The van der Waals surface area contributed by atoms with Crippen molar-refractivity contribution >= 4 is 29.3 Å². The summed E-state index contributed by atoms with van der Waals surface area (Å²) in [6.07, 6.45) is 0. The normalized spacial score (nSPS) is 10.6. The molecule has 6 N–H and O–H groups in total. The Morgan fingerprint density at radius 3 is 2.09 bits per heavy atom. The number of nitrogens with one attached hydrogen (secondary N) is 3. The lowest BCUT2D eigenvalue weighted by atomic mass is 9.92. The Kier molecular flexibility index (Phi) is 7.66. The molecule has 0 aromatic heterocycles. The van der Waals surface area contributed by atoms with E-state index in [2.05, 4.69) is 10.6 Å². The van der Waals surface area contributed by atoms with Crippen molar-refractivity contribution in [3.63, 3.8) is 0 Å². The van der Waals surface area contributed by atoms with Crippen LogP contribution in [0, 0.1) is 18.3 Å². The number of benzene rings is 3. The molecule has 0 heterocycles. The van der Waals surface area contributed by atoms with Crippen molar-refractivity contribution in [1.29, 1.82) is 5.41 Å². The number of hydrogen-bond donors (Lipinski definition) is 5. The molecule has 3 aromatic carbocycles. The van der Waals surface area contributed by atoms with Gasteiger partial charge in [0.1, 0.15) is 5.84 Å². The average molecular weight is 473 g/mol. The molecule has 0 atom stereocenters. The molecule has 0 aliphatic heterocycles. The van der Waals surface area contributed by atoms with Crippen molar-refractivity contribution in [3.05, 3.63) is 88.5 Å². The molecule has 0 unspecified atom stereocenters. The summed E-state index contributed by atoms with van der Waals surface area (Å²) in [5, 5.41) is 23.0. The van der Waals surface area contributed by atoms with Crippen molar-refractivity contribution in [2.45, 2.75) is 20.8 Å². The minimum atomic E-state index is -1.20. The zero-order chi connectivity index (χ0) is 25.7. The second-order valence-electron chi connectivity index (χ2n) is 8.66. The molecular weight excluding hydrogens is 444 g/mol. The fourth-order valence-electron chi connectivity index (χ4n) is 3.51. The topological polar surface area (TPSA) is 145 Å². The predicted octanol–water partition coefficient (Wildman–Crippen LogP) is 4.28. The van der Waals surface area contributed by atoms with E-state index in [9.17, 15) is 19.5 Å². The Bertz CT molecular complexity index is 1300. The Morgan fingerprint density at radius 2 is 1.49 bits per heavy atom. The number of amidine groups is 1. The summed E-state index contributed by atoms with van der Waals surface area (Å²) in [4.78, 5) is 37.8. The Hall–Kier alpha value is -4.46. The largest absolute Gasteiger partial charge is 0.478 e. The smallest absolute Gasteiger partial charge is 0.336 e. The van der Waals surface area contributed by atoms with Gasteiger partial charge in [-0.1, -0.05) is 37.6 Å². The highest BCUT2D eigenvalue weighted by atomic mass is 16.4. The third-order valence-corrected chi connectivity index (χ3v) is 5.35. The van der Waals surface area contributed by atoms with Crippen LogP contribution in [0.1, 0.15) is 56.0 Å². The lowest BCUT2D eigenvalue weighted by Crippen LogP contribution is -2.27. The number of carbonyl (C=O) groups excluding carboxylic acids is 2. The Morgan fingerprint density at radius 1 is 0.886 bits per heavy atom. The van der Waals surface area contributed by atoms with Gasteiger partial charge in [-0.05, 0) is 66.4 Å². The highest BCUT2D eigenvalue weighted by molar-refractivity contribution is 6.11. The molecule has 0 radical (unpaired) electrons. The number of rotatable bonds is 8. The molecule has 3 aromatic rings. The number of aromatic carboxylic acids is 1. The third-order valence-electron chi connectivity index (χ3n) is 5.35. The lowest BCUT2D eigenvalue weighted by molar-refractivity contribution is 0.0697. The number of amides is 2. The fraction of sp³-hybridized carbons (Fsp3) is 0.185. The van der Waals surface area contributed by atoms with Gasteiger partial charge in [0, 0.05) is 28.9 Å². The Balaban J connectivity index is 1.99. The van der Waals surface area contributed by atoms with Gasteiger partial charge in [-0.15, -0.1) is 0 Å². The first-order valence-electron chi connectivity index (χ1n) is 11.1. The number of nitrogens with two attached hydrogens (primary N) is 1. The molecular formula is C27H28N4O4. The number of carboxylic acid groups (broad SMARTS) is 1. The van der Waals surface area contributed by atoms with Gasteiger partial charge in [-0.25, -0.2) is 4.79 Å². The van der Waals surface area contributed by atoms with E-state index in [1.807, 2.05) is 20.8 Å². The maximum absolute atomic E-state index is 13.2. The van der Waals surface area contributed by atoms with E-state index in [1.165, 1.54) is 6.07 Å².